The summed E-state index contributed by atoms with van der Waals surface area (Å²) < 4.78 is 27.1. The van der Waals surface area contributed by atoms with Crippen molar-refractivity contribution in [3.63, 3.8) is 0 Å². The van der Waals surface area contributed by atoms with Gasteiger partial charge in [0.2, 0.25) is 15.9 Å². The van der Waals surface area contributed by atoms with Crippen LogP contribution < -0.4 is 5.32 Å². The average Bonchev–Trinajstić information content (AvgIpc) is 2.68. The zero-order chi connectivity index (χ0) is 18.6. The Labute approximate surface area is 168 Å². The van der Waals surface area contributed by atoms with Gasteiger partial charge in [-0.05, 0) is 38.3 Å². The molecule has 2 fully saturated rings. The Kier molecular flexibility index (Phi) is 8.09. The van der Waals surface area contributed by atoms with E-state index >= 15 is 0 Å². The molecule has 1 N–H and O–H groups in total. The van der Waals surface area contributed by atoms with Crippen LogP contribution >= 0.6 is 12.4 Å². The lowest BCUT2D eigenvalue weighted by molar-refractivity contribution is -0.137. The van der Waals surface area contributed by atoms with E-state index in [1.807, 2.05) is 42.3 Å². The average molecular weight is 416 g/mol. The number of benzene rings is 1. The van der Waals surface area contributed by atoms with Crippen LogP contribution in [0.2, 0.25) is 0 Å². The second kappa shape index (κ2) is 9.87. The summed E-state index contributed by atoms with van der Waals surface area (Å²) in [7, 11) is -1.44. The monoisotopic (exact) mass is 415 g/mol. The minimum atomic E-state index is -3.39. The Balaban J connectivity index is 0.00000261. The first-order valence-corrected chi connectivity index (χ1v) is 11.1. The number of sulfonamides is 1. The number of hydrogen-bond acceptors (Lipinski definition) is 4. The molecule has 2 heterocycles. The van der Waals surface area contributed by atoms with Crippen molar-refractivity contribution in [3.8, 4) is 0 Å². The van der Waals surface area contributed by atoms with Crippen LogP contribution in [0.1, 0.15) is 31.2 Å². The Morgan fingerprint density at radius 1 is 1.11 bits per heavy atom. The van der Waals surface area contributed by atoms with Crippen LogP contribution in [0, 0.1) is 5.92 Å². The number of rotatable bonds is 5. The van der Waals surface area contributed by atoms with E-state index in [-0.39, 0.29) is 30.0 Å². The predicted molar refractivity (Wildman–Crippen MR) is 109 cm³/mol. The lowest BCUT2D eigenvalue weighted by Crippen LogP contribution is -2.50. The molecule has 0 spiro atoms. The molecule has 6 nitrogen and oxygen atoms in total. The molecular weight excluding hydrogens is 386 g/mol. The molecule has 1 aromatic rings. The van der Waals surface area contributed by atoms with Crippen LogP contribution in [0.4, 0.5) is 0 Å². The molecule has 27 heavy (non-hydrogen) atoms. The highest BCUT2D eigenvalue weighted by Gasteiger charge is 2.35. The van der Waals surface area contributed by atoms with E-state index < -0.39 is 10.0 Å². The fourth-order valence-electron chi connectivity index (χ4n) is 3.92. The quantitative estimate of drug-likeness (QED) is 0.796. The van der Waals surface area contributed by atoms with Crippen LogP contribution in [0.5, 0.6) is 0 Å². The Bertz CT molecular complexity index is 706. The van der Waals surface area contributed by atoms with E-state index in [0.29, 0.717) is 19.1 Å². The number of hydrogen-bond donors (Lipinski definition) is 1. The normalized spacial score (nSPS) is 22.3. The minimum Gasteiger partial charge on any atom is -0.342 e. The predicted octanol–water partition coefficient (Wildman–Crippen LogP) is 1.86. The molecule has 3 rings (SSSR count). The van der Waals surface area contributed by atoms with E-state index in [1.54, 1.807) is 0 Å². The van der Waals surface area contributed by atoms with Gasteiger partial charge in [0.25, 0.3) is 0 Å². The second-order valence-electron chi connectivity index (χ2n) is 7.33. The number of nitrogens with zero attached hydrogens (tertiary/aromatic N) is 2. The molecule has 0 aliphatic carbocycles. The molecule has 1 aromatic carbocycles. The summed E-state index contributed by atoms with van der Waals surface area (Å²) in [6.07, 6.45) is 3.45. The molecular formula is C19H30ClN3O3S. The fraction of sp³-hybridized carbons (Fsp3) is 0.632. The van der Waals surface area contributed by atoms with Crippen molar-refractivity contribution in [2.75, 3.05) is 33.2 Å². The number of likely N-dealkylation sites (tertiary alicyclic amines) is 1. The molecule has 0 bridgehead atoms. The maximum Gasteiger partial charge on any atom is 0.227 e. The maximum absolute atomic E-state index is 12.9. The van der Waals surface area contributed by atoms with Crippen LogP contribution in [-0.4, -0.2) is 62.8 Å². The minimum absolute atomic E-state index is 0. The Hall–Kier alpha value is -1.15. The summed E-state index contributed by atoms with van der Waals surface area (Å²) >= 11 is 0. The lowest BCUT2D eigenvalue weighted by atomic mass is 9.96. The zero-order valence-electron chi connectivity index (χ0n) is 15.8. The van der Waals surface area contributed by atoms with Crippen molar-refractivity contribution < 1.29 is 13.2 Å². The first-order chi connectivity index (χ1) is 12.5. The van der Waals surface area contributed by atoms with Crippen LogP contribution in [0.15, 0.2) is 30.3 Å². The summed E-state index contributed by atoms with van der Waals surface area (Å²) in [4.78, 5) is 14.8. The molecule has 0 radical (unpaired) electrons. The van der Waals surface area contributed by atoms with Crippen molar-refractivity contribution >= 4 is 28.3 Å². The largest absolute Gasteiger partial charge is 0.342 e. The first kappa shape index (κ1) is 22.1. The summed E-state index contributed by atoms with van der Waals surface area (Å²) in [5, 5.41) is 3.27. The molecule has 1 amide bonds. The van der Waals surface area contributed by atoms with Gasteiger partial charge in [0.15, 0.2) is 0 Å². The molecule has 2 aliphatic heterocycles. The molecule has 152 valence electrons. The first-order valence-electron chi connectivity index (χ1n) is 9.47. The number of carbonyl (C=O) groups excluding carboxylic acids is 1. The van der Waals surface area contributed by atoms with Crippen molar-refractivity contribution in [1.29, 1.82) is 0 Å². The summed E-state index contributed by atoms with van der Waals surface area (Å²) in [5.74, 6) is -0.0814. The van der Waals surface area contributed by atoms with E-state index in [9.17, 15) is 13.2 Å². The zero-order valence-corrected chi connectivity index (χ0v) is 17.5. The summed E-state index contributed by atoms with van der Waals surface area (Å²) in [6.45, 7) is 2.36. The molecule has 2 saturated heterocycles. The van der Waals surface area contributed by atoms with Gasteiger partial charge in [-0.2, -0.15) is 0 Å². The third kappa shape index (κ3) is 5.67. The number of carbonyl (C=O) groups is 1. The molecule has 1 atom stereocenters. The van der Waals surface area contributed by atoms with Gasteiger partial charge in [-0.1, -0.05) is 30.3 Å². The SMILES string of the molecule is CNC1CCN(C(=O)C2CCCN(S(=O)(=O)Cc3ccccc3)C2)CC1.Cl. The van der Waals surface area contributed by atoms with Crippen molar-refractivity contribution in [2.45, 2.75) is 37.5 Å². The molecule has 1 unspecified atom stereocenters. The van der Waals surface area contributed by atoms with Crippen molar-refractivity contribution in [1.82, 2.24) is 14.5 Å². The second-order valence-corrected chi connectivity index (χ2v) is 9.30. The van der Waals surface area contributed by atoms with Crippen LogP contribution in [0.25, 0.3) is 0 Å². The van der Waals surface area contributed by atoms with Crippen molar-refractivity contribution in [3.05, 3.63) is 35.9 Å². The van der Waals surface area contributed by atoms with E-state index in [4.69, 9.17) is 0 Å². The van der Waals surface area contributed by atoms with Gasteiger partial charge >= 0.3 is 0 Å². The van der Waals surface area contributed by atoms with Gasteiger partial charge in [0.1, 0.15) is 0 Å². The van der Waals surface area contributed by atoms with Crippen LogP contribution in [0.3, 0.4) is 0 Å². The van der Waals surface area contributed by atoms with Crippen molar-refractivity contribution in [2.24, 2.45) is 5.92 Å². The van der Waals surface area contributed by atoms with E-state index in [1.165, 1.54) is 4.31 Å². The fourth-order valence-corrected chi connectivity index (χ4v) is 5.53. The van der Waals surface area contributed by atoms with E-state index in [0.717, 1.165) is 44.3 Å². The Morgan fingerprint density at radius 2 is 1.78 bits per heavy atom. The third-order valence-electron chi connectivity index (χ3n) is 5.53. The standard InChI is InChI=1S/C19H29N3O3S.ClH/c1-20-18-9-12-21(13-10-18)19(23)17-8-5-11-22(14-17)26(24,25)15-16-6-3-2-4-7-16;/h2-4,6-7,17-18,20H,5,8-15H2,1H3;1H. The van der Waals surface area contributed by atoms with Gasteiger partial charge in [0, 0.05) is 32.2 Å². The number of amides is 1. The highest BCUT2D eigenvalue weighted by atomic mass is 35.5. The third-order valence-corrected chi connectivity index (χ3v) is 7.35. The van der Waals surface area contributed by atoms with E-state index in [2.05, 4.69) is 5.32 Å². The molecule has 0 aromatic heterocycles. The van der Waals surface area contributed by atoms with Gasteiger partial charge in [0.05, 0.1) is 11.7 Å². The summed E-state index contributed by atoms with van der Waals surface area (Å²) in [5.41, 5.74) is 0.787. The van der Waals surface area contributed by atoms with Crippen LogP contribution in [-0.2, 0) is 20.6 Å². The maximum atomic E-state index is 12.9. The van der Waals surface area contributed by atoms with Gasteiger partial charge < -0.3 is 10.2 Å². The Morgan fingerprint density at radius 3 is 2.41 bits per heavy atom. The van der Waals surface area contributed by atoms with Gasteiger partial charge in [-0.25, -0.2) is 12.7 Å². The highest BCUT2D eigenvalue weighted by Crippen LogP contribution is 2.24. The smallest absolute Gasteiger partial charge is 0.227 e. The number of halogens is 1. The molecule has 0 saturated carbocycles. The molecule has 8 heteroatoms. The van der Waals surface area contributed by atoms with Gasteiger partial charge in [-0.3, -0.25) is 4.79 Å². The topological polar surface area (TPSA) is 69.7 Å². The lowest BCUT2D eigenvalue weighted by Gasteiger charge is -2.37. The number of piperidine rings is 2. The summed E-state index contributed by atoms with van der Waals surface area (Å²) in [6, 6.07) is 9.72. The number of nitrogens with one attached hydrogen (secondary N) is 1. The molecule has 2 aliphatic rings. The highest BCUT2D eigenvalue weighted by molar-refractivity contribution is 7.88. The van der Waals surface area contributed by atoms with Gasteiger partial charge in [-0.15, -0.1) is 12.4 Å².